The number of hydrogen-bond acceptors (Lipinski definition) is 10. The van der Waals surface area contributed by atoms with E-state index in [-0.39, 0.29) is 24.6 Å². The van der Waals surface area contributed by atoms with E-state index in [0.717, 1.165) is 0 Å². The molecule has 178 valence electrons. The van der Waals surface area contributed by atoms with E-state index in [0.29, 0.717) is 17.1 Å². The van der Waals surface area contributed by atoms with Gasteiger partial charge in [-0.2, -0.15) is 9.97 Å². The van der Waals surface area contributed by atoms with Gasteiger partial charge in [0.1, 0.15) is 17.5 Å². The number of para-hydroxylation sites is 1. The molecule has 1 aliphatic heterocycles. The summed E-state index contributed by atoms with van der Waals surface area (Å²) in [6.45, 7) is 1.38. The number of nitrogens with two attached hydrogens (primary N) is 1. The summed E-state index contributed by atoms with van der Waals surface area (Å²) in [6, 6.07) is 8.52. The molecule has 1 aromatic carbocycles. The number of nitrogen functional groups attached to an aromatic ring is 1. The lowest BCUT2D eigenvalue weighted by atomic mass is 9.94. The molecule has 3 aromatic rings. The monoisotopic (exact) mass is 480 g/mol. The fraction of sp³-hybridized carbons (Fsp3) is 0.450. The predicted octanol–water partition coefficient (Wildman–Crippen LogP) is 2.34. The molecule has 4 rings (SSSR count). The zero-order chi connectivity index (χ0) is 23.8. The van der Waals surface area contributed by atoms with Crippen molar-refractivity contribution in [2.24, 2.45) is 0 Å². The largest absolute Gasteiger partial charge is 0.426 e. The van der Waals surface area contributed by atoms with Gasteiger partial charge in [-0.3, -0.25) is 9.09 Å². The van der Waals surface area contributed by atoms with Crippen LogP contribution in [0.1, 0.15) is 19.6 Å². The van der Waals surface area contributed by atoms with Gasteiger partial charge in [0, 0.05) is 14.1 Å². The lowest BCUT2D eigenvalue weighted by molar-refractivity contribution is -0.123. The van der Waals surface area contributed by atoms with E-state index in [1.54, 1.807) is 56.3 Å². The average molecular weight is 480 g/mol. The molecule has 0 radical (unpaired) electrons. The van der Waals surface area contributed by atoms with E-state index >= 15 is 4.39 Å². The Hall–Kier alpha value is -2.79. The first-order chi connectivity index (χ1) is 15.8. The molecule has 11 nitrogen and oxygen atoms in total. The van der Waals surface area contributed by atoms with Crippen LogP contribution in [-0.2, 0) is 13.8 Å². The molecule has 2 aromatic heterocycles. The van der Waals surface area contributed by atoms with E-state index in [9.17, 15) is 9.67 Å². The van der Waals surface area contributed by atoms with Gasteiger partial charge in [-0.1, -0.05) is 25.1 Å². The summed E-state index contributed by atoms with van der Waals surface area (Å²) in [5, 5.41) is 10.7. The molecule has 3 heterocycles. The SMILES string of the molecule is CC[C@]1(CO[PH](=O)Oc2ccccc2)O[C@@H](n2cnc3c(N(C)C)nc(N)nc32)[C@H](F)[C@@H]1O. The normalized spacial score (nSPS) is 25.9. The molecule has 13 heteroatoms. The van der Waals surface area contributed by atoms with Crippen LogP contribution in [0, 0.1) is 0 Å². The molecule has 0 saturated carbocycles. The second-order valence-corrected chi connectivity index (χ2v) is 8.89. The molecular weight excluding hydrogens is 454 g/mol. The van der Waals surface area contributed by atoms with Crippen molar-refractivity contribution >= 4 is 31.2 Å². The lowest BCUT2D eigenvalue weighted by Crippen LogP contribution is -2.45. The fourth-order valence-corrected chi connectivity index (χ4v) is 4.51. The van der Waals surface area contributed by atoms with Crippen LogP contribution in [0.4, 0.5) is 16.2 Å². The summed E-state index contributed by atoms with van der Waals surface area (Å²) in [5.74, 6) is 0.829. The maximum Gasteiger partial charge on any atom is 0.367 e. The average Bonchev–Trinajstić information content (AvgIpc) is 3.32. The highest BCUT2D eigenvalue weighted by Crippen LogP contribution is 2.44. The van der Waals surface area contributed by atoms with Gasteiger partial charge in [-0.05, 0) is 18.6 Å². The van der Waals surface area contributed by atoms with Crippen LogP contribution >= 0.6 is 8.25 Å². The summed E-state index contributed by atoms with van der Waals surface area (Å²) in [4.78, 5) is 14.4. The molecule has 1 unspecified atom stereocenters. The lowest BCUT2D eigenvalue weighted by Gasteiger charge is -2.30. The van der Waals surface area contributed by atoms with Crippen LogP contribution in [0.5, 0.6) is 5.75 Å². The minimum absolute atomic E-state index is 0.0105. The molecule has 0 spiro atoms. The molecule has 5 atom stereocenters. The second-order valence-electron chi connectivity index (χ2n) is 7.89. The van der Waals surface area contributed by atoms with Crippen LogP contribution in [0.2, 0.25) is 0 Å². The third-order valence-corrected chi connectivity index (χ3v) is 6.35. The number of imidazole rings is 1. The van der Waals surface area contributed by atoms with Gasteiger partial charge in [0.05, 0.1) is 12.9 Å². The number of alkyl halides is 1. The highest BCUT2D eigenvalue weighted by molar-refractivity contribution is 7.33. The van der Waals surface area contributed by atoms with E-state index in [1.165, 1.54) is 10.9 Å². The smallest absolute Gasteiger partial charge is 0.367 e. The highest BCUT2D eigenvalue weighted by atomic mass is 31.1. The number of nitrogens with zero attached hydrogens (tertiary/aromatic N) is 5. The van der Waals surface area contributed by atoms with Crippen LogP contribution in [0.3, 0.4) is 0 Å². The van der Waals surface area contributed by atoms with Crippen molar-refractivity contribution in [1.82, 2.24) is 19.5 Å². The molecule has 0 amide bonds. The predicted molar refractivity (Wildman–Crippen MR) is 120 cm³/mol. The van der Waals surface area contributed by atoms with E-state index in [2.05, 4.69) is 15.0 Å². The summed E-state index contributed by atoms with van der Waals surface area (Å²) < 4.78 is 45.6. The summed E-state index contributed by atoms with van der Waals surface area (Å²) in [6.07, 6.45) is -3.08. The van der Waals surface area contributed by atoms with Gasteiger partial charge in [-0.25, -0.2) is 13.9 Å². The first-order valence-electron chi connectivity index (χ1n) is 10.3. The Bertz CT molecular complexity index is 1150. The maximum atomic E-state index is 15.3. The Morgan fingerprint density at radius 3 is 2.73 bits per heavy atom. The topological polar surface area (TPSA) is 138 Å². The number of hydrogen-bond donors (Lipinski definition) is 2. The Morgan fingerprint density at radius 2 is 2.06 bits per heavy atom. The van der Waals surface area contributed by atoms with Crippen molar-refractivity contribution in [3.63, 3.8) is 0 Å². The van der Waals surface area contributed by atoms with Crippen molar-refractivity contribution in [2.75, 3.05) is 31.3 Å². The molecule has 3 N–H and O–H groups in total. The van der Waals surface area contributed by atoms with Crippen molar-refractivity contribution in [2.45, 2.75) is 37.4 Å². The van der Waals surface area contributed by atoms with Gasteiger partial charge in [-0.15, -0.1) is 0 Å². The van der Waals surface area contributed by atoms with Crippen LogP contribution < -0.4 is 15.2 Å². The quantitative estimate of drug-likeness (QED) is 0.462. The molecule has 33 heavy (non-hydrogen) atoms. The molecule has 1 aliphatic rings. The second kappa shape index (κ2) is 9.22. The number of aliphatic hydroxyl groups is 1. The Balaban J connectivity index is 1.57. The molecule has 0 bridgehead atoms. The van der Waals surface area contributed by atoms with E-state index in [1.807, 2.05) is 0 Å². The van der Waals surface area contributed by atoms with E-state index in [4.69, 9.17) is 19.5 Å². The number of anilines is 2. The summed E-state index contributed by atoms with van der Waals surface area (Å²) in [7, 11) is 0.574. The Morgan fingerprint density at radius 1 is 1.33 bits per heavy atom. The highest BCUT2D eigenvalue weighted by Gasteiger charge is 2.55. The molecule has 0 aliphatic carbocycles. The molecular formula is C20H26FN6O5P. The fourth-order valence-electron chi connectivity index (χ4n) is 3.76. The van der Waals surface area contributed by atoms with Crippen molar-refractivity contribution in [3.05, 3.63) is 36.7 Å². The minimum atomic E-state index is -2.97. The molecule has 1 saturated heterocycles. The molecule has 1 fully saturated rings. The number of rotatable bonds is 8. The standard InChI is InChI=1S/C20H26FN6O5P/c1-4-20(10-30-33(29)32-12-8-6-5-7-9-12)15(28)13(21)18(31-20)27-11-23-14-16(26(2)3)24-19(22)25-17(14)27/h5-9,11,13,15,18,28,33H,4,10H2,1-3H3,(H2,22,24,25)/t13-,15+,18-,20-/m1/s1. The van der Waals surface area contributed by atoms with E-state index < -0.39 is 32.4 Å². The van der Waals surface area contributed by atoms with Crippen molar-refractivity contribution in [1.29, 1.82) is 0 Å². The first kappa shape index (κ1) is 23.4. The third kappa shape index (κ3) is 4.39. The third-order valence-electron chi connectivity index (χ3n) is 5.56. The van der Waals surface area contributed by atoms with Crippen molar-refractivity contribution < 1.29 is 27.8 Å². The van der Waals surface area contributed by atoms with Gasteiger partial charge < -0.3 is 25.0 Å². The Labute approximate surface area is 190 Å². The number of fused-ring (bicyclic) bond motifs is 1. The number of aromatic nitrogens is 4. The van der Waals surface area contributed by atoms with Gasteiger partial charge in [0.2, 0.25) is 5.95 Å². The maximum absolute atomic E-state index is 15.3. The summed E-state index contributed by atoms with van der Waals surface area (Å²) >= 11 is 0. The van der Waals surface area contributed by atoms with Crippen LogP contribution in [0.15, 0.2) is 36.7 Å². The Kier molecular flexibility index (Phi) is 6.53. The number of benzene rings is 1. The minimum Gasteiger partial charge on any atom is -0.426 e. The zero-order valence-electron chi connectivity index (χ0n) is 18.4. The number of ether oxygens (including phenoxy) is 1. The van der Waals surface area contributed by atoms with Gasteiger partial charge in [0.15, 0.2) is 29.4 Å². The number of halogens is 1. The van der Waals surface area contributed by atoms with Crippen LogP contribution in [0.25, 0.3) is 11.2 Å². The van der Waals surface area contributed by atoms with Crippen molar-refractivity contribution in [3.8, 4) is 5.75 Å². The first-order valence-corrected chi connectivity index (χ1v) is 11.5. The van der Waals surface area contributed by atoms with Gasteiger partial charge >= 0.3 is 8.25 Å². The zero-order valence-corrected chi connectivity index (χ0v) is 19.4. The van der Waals surface area contributed by atoms with Crippen LogP contribution in [-0.4, -0.2) is 63.2 Å². The number of aliphatic hydroxyl groups excluding tert-OH is 1. The van der Waals surface area contributed by atoms with Gasteiger partial charge in [0.25, 0.3) is 0 Å². The summed E-state index contributed by atoms with van der Waals surface area (Å²) in [5.41, 5.74) is 5.05.